The van der Waals surface area contributed by atoms with Crippen LogP contribution in [-0.4, -0.2) is 32.1 Å². The lowest BCUT2D eigenvalue weighted by Crippen LogP contribution is -2.32. The third-order valence-corrected chi connectivity index (χ3v) is 3.92. The van der Waals surface area contributed by atoms with Crippen molar-refractivity contribution in [3.8, 4) is 0 Å². The number of hydrogen-bond donors (Lipinski definition) is 1. The zero-order valence-electron chi connectivity index (χ0n) is 13.3. The Bertz CT molecular complexity index is 374. The Morgan fingerprint density at radius 3 is 2.47 bits per heavy atom. The minimum Gasteiger partial charge on any atom is -0.312 e. The Morgan fingerprint density at radius 1 is 1.16 bits per heavy atom. The van der Waals surface area contributed by atoms with E-state index in [0.717, 1.165) is 6.54 Å². The largest absolute Gasteiger partial charge is 0.312 e. The van der Waals surface area contributed by atoms with Crippen LogP contribution in [0.15, 0.2) is 18.2 Å². The molecule has 108 valence electrons. The zero-order valence-corrected chi connectivity index (χ0v) is 13.3. The predicted molar refractivity (Wildman–Crippen MR) is 84.7 cm³/mol. The molecule has 0 spiro atoms. The number of aryl methyl sites for hydroxylation is 2. The smallest absolute Gasteiger partial charge is 0.0446 e. The molecule has 0 aliphatic carbocycles. The summed E-state index contributed by atoms with van der Waals surface area (Å²) in [7, 11) is 4.28. The number of nitrogens with zero attached hydrogens (tertiary/aromatic N) is 1. The summed E-state index contributed by atoms with van der Waals surface area (Å²) in [6.07, 6.45) is 3.93. The van der Waals surface area contributed by atoms with Gasteiger partial charge in [0.15, 0.2) is 0 Å². The molecule has 0 amide bonds. The molecule has 2 heteroatoms. The van der Waals surface area contributed by atoms with Crippen molar-refractivity contribution in [2.45, 2.75) is 46.1 Å². The van der Waals surface area contributed by atoms with E-state index in [0.29, 0.717) is 6.04 Å². The van der Waals surface area contributed by atoms with Crippen molar-refractivity contribution in [3.05, 3.63) is 34.9 Å². The fourth-order valence-corrected chi connectivity index (χ4v) is 2.38. The van der Waals surface area contributed by atoms with Crippen molar-refractivity contribution >= 4 is 0 Å². The van der Waals surface area contributed by atoms with Crippen LogP contribution in [0, 0.1) is 13.8 Å². The first-order valence-electron chi connectivity index (χ1n) is 7.51. The molecule has 0 radical (unpaired) electrons. The molecular formula is C17H30N2. The standard InChI is InChI=1S/C17H30N2/c1-6-7-8-11-19(5)13-17(18-4)16-10-9-14(2)15(3)12-16/h9-10,12,17-18H,6-8,11,13H2,1-5H3. The highest BCUT2D eigenvalue weighted by molar-refractivity contribution is 5.31. The van der Waals surface area contributed by atoms with Crippen LogP contribution in [0.1, 0.15) is 48.9 Å². The van der Waals surface area contributed by atoms with Gasteiger partial charge in [0.1, 0.15) is 0 Å². The van der Waals surface area contributed by atoms with Crippen LogP contribution in [-0.2, 0) is 0 Å². The summed E-state index contributed by atoms with van der Waals surface area (Å²) in [6, 6.07) is 7.22. The second kappa shape index (κ2) is 8.34. The summed E-state index contributed by atoms with van der Waals surface area (Å²) >= 11 is 0. The molecule has 1 N–H and O–H groups in total. The third-order valence-electron chi connectivity index (χ3n) is 3.92. The second-order valence-electron chi connectivity index (χ2n) is 5.65. The first kappa shape index (κ1) is 16.2. The first-order chi connectivity index (χ1) is 9.08. The van der Waals surface area contributed by atoms with Gasteiger partial charge in [-0.25, -0.2) is 0 Å². The van der Waals surface area contributed by atoms with E-state index < -0.39 is 0 Å². The van der Waals surface area contributed by atoms with E-state index in [4.69, 9.17) is 0 Å². The number of rotatable bonds is 8. The molecule has 0 aliphatic rings. The third kappa shape index (κ3) is 5.33. The fourth-order valence-electron chi connectivity index (χ4n) is 2.38. The molecule has 1 unspecified atom stereocenters. The maximum Gasteiger partial charge on any atom is 0.0446 e. The second-order valence-corrected chi connectivity index (χ2v) is 5.65. The summed E-state index contributed by atoms with van der Waals surface area (Å²) in [5.41, 5.74) is 4.15. The lowest BCUT2D eigenvalue weighted by Gasteiger charge is -2.24. The number of nitrogens with one attached hydrogen (secondary N) is 1. The van der Waals surface area contributed by atoms with Gasteiger partial charge < -0.3 is 10.2 Å². The van der Waals surface area contributed by atoms with Crippen LogP contribution in [0.4, 0.5) is 0 Å². The molecule has 2 nitrogen and oxygen atoms in total. The topological polar surface area (TPSA) is 15.3 Å². The number of likely N-dealkylation sites (N-methyl/N-ethyl adjacent to an activating group) is 2. The summed E-state index contributed by atoms with van der Waals surface area (Å²) in [5.74, 6) is 0. The monoisotopic (exact) mass is 262 g/mol. The van der Waals surface area contributed by atoms with Crippen LogP contribution in [0.2, 0.25) is 0 Å². The molecule has 0 bridgehead atoms. The first-order valence-corrected chi connectivity index (χ1v) is 7.51. The molecule has 1 aromatic carbocycles. The van der Waals surface area contributed by atoms with Crippen molar-refractivity contribution in [3.63, 3.8) is 0 Å². The van der Waals surface area contributed by atoms with E-state index in [1.54, 1.807) is 0 Å². The Kier molecular flexibility index (Phi) is 7.11. The van der Waals surface area contributed by atoms with Gasteiger partial charge in [0.05, 0.1) is 0 Å². The van der Waals surface area contributed by atoms with Crippen molar-refractivity contribution in [1.29, 1.82) is 0 Å². The average molecular weight is 262 g/mol. The average Bonchev–Trinajstić information content (AvgIpc) is 2.39. The molecule has 0 aromatic heterocycles. The molecule has 19 heavy (non-hydrogen) atoms. The summed E-state index contributed by atoms with van der Waals surface area (Å²) in [6.45, 7) is 8.88. The molecule has 0 saturated heterocycles. The molecule has 1 aromatic rings. The van der Waals surface area contributed by atoms with Gasteiger partial charge in [-0.15, -0.1) is 0 Å². The summed E-state index contributed by atoms with van der Waals surface area (Å²) < 4.78 is 0. The number of hydrogen-bond acceptors (Lipinski definition) is 2. The Balaban J connectivity index is 2.59. The summed E-state index contributed by atoms with van der Waals surface area (Å²) in [5, 5.41) is 3.44. The van der Waals surface area contributed by atoms with Crippen LogP contribution in [0.25, 0.3) is 0 Å². The molecular weight excluding hydrogens is 232 g/mol. The normalized spacial score (nSPS) is 12.9. The molecule has 1 atom stereocenters. The van der Waals surface area contributed by atoms with Gasteiger partial charge in [0.2, 0.25) is 0 Å². The van der Waals surface area contributed by atoms with E-state index in [1.165, 1.54) is 42.5 Å². The lowest BCUT2D eigenvalue weighted by atomic mass is 10.0. The maximum absolute atomic E-state index is 3.44. The van der Waals surface area contributed by atoms with E-state index in [1.807, 2.05) is 0 Å². The van der Waals surface area contributed by atoms with Gasteiger partial charge in [-0.1, -0.05) is 38.0 Å². The number of unbranched alkanes of at least 4 members (excludes halogenated alkanes) is 2. The highest BCUT2D eigenvalue weighted by atomic mass is 15.1. The molecule has 0 aliphatic heterocycles. The van der Waals surface area contributed by atoms with E-state index in [9.17, 15) is 0 Å². The molecule has 0 heterocycles. The van der Waals surface area contributed by atoms with E-state index in [2.05, 4.69) is 63.3 Å². The van der Waals surface area contributed by atoms with Gasteiger partial charge in [-0.3, -0.25) is 0 Å². The Labute approximate surface area is 119 Å². The quantitative estimate of drug-likeness (QED) is 0.719. The molecule has 0 fully saturated rings. The predicted octanol–water partition coefficient (Wildman–Crippen LogP) is 3.69. The fraction of sp³-hybridized carbons (Fsp3) is 0.647. The van der Waals surface area contributed by atoms with Gasteiger partial charge in [-0.2, -0.15) is 0 Å². The van der Waals surface area contributed by atoms with Gasteiger partial charge in [0, 0.05) is 12.6 Å². The minimum absolute atomic E-state index is 0.422. The van der Waals surface area contributed by atoms with Crippen LogP contribution >= 0.6 is 0 Å². The van der Waals surface area contributed by atoms with Crippen molar-refractivity contribution in [1.82, 2.24) is 10.2 Å². The van der Waals surface area contributed by atoms with E-state index in [-0.39, 0.29) is 0 Å². The van der Waals surface area contributed by atoms with Gasteiger partial charge >= 0.3 is 0 Å². The highest BCUT2D eigenvalue weighted by Gasteiger charge is 2.12. The van der Waals surface area contributed by atoms with Crippen molar-refractivity contribution in [2.75, 3.05) is 27.2 Å². The van der Waals surface area contributed by atoms with Crippen LogP contribution in [0.3, 0.4) is 0 Å². The molecule has 1 rings (SSSR count). The Morgan fingerprint density at radius 2 is 1.89 bits per heavy atom. The zero-order chi connectivity index (χ0) is 14.3. The van der Waals surface area contributed by atoms with Crippen LogP contribution in [0.5, 0.6) is 0 Å². The Hall–Kier alpha value is -0.860. The highest BCUT2D eigenvalue weighted by Crippen LogP contribution is 2.18. The summed E-state index contributed by atoms with van der Waals surface area (Å²) in [4.78, 5) is 2.44. The van der Waals surface area contributed by atoms with Crippen molar-refractivity contribution in [2.24, 2.45) is 0 Å². The SMILES string of the molecule is CCCCCN(C)CC(NC)c1ccc(C)c(C)c1. The van der Waals surface area contributed by atoms with E-state index >= 15 is 0 Å². The lowest BCUT2D eigenvalue weighted by molar-refractivity contribution is 0.290. The molecule has 0 saturated carbocycles. The van der Waals surface area contributed by atoms with Gasteiger partial charge in [-0.05, 0) is 57.6 Å². The van der Waals surface area contributed by atoms with Gasteiger partial charge in [0.25, 0.3) is 0 Å². The minimum atomic E-state index is 0.422. The number of benzene rings is 1. The van der Waals surface area contributed by atoms with Crippen molar-refractivity contribution < 1.29 is 0 Å². The van der Waals surface area contributed by atoms with Crippen LogP contribution < -0.4 is 5.32 Å². The maximum atomic E-state index is 3.44.